The molecule has 2 aromatic heterocycles. The molecule has 4 rings (SSSR count). The maximum atomic E-state index is 10.8. The first-order chi connectivity index (χ1) is 16.7. The third kappa shape index (κ3) is 10.1. The van der Waals surface area contributed by atoms with Gasteiger partial charge in [-0.25, -0.2) is 0 Å². The van der Waals surface area contributed by atoms with Crippen LogP contribution in [-0.4, -0.2) is 59.6 Å². The molecule has 0 aliphatic heterocycles. The highest BCUT2D eigenvalue weighted by Gasteiger charge is 2.24. The molecule has 0 bridgehead atoms. The van der Waals surface area contributed by atoms with E-state index in [1.807, 2.05) is 0 Å². The smallest absolute Gasteiger partial charge is 0.329 e. The Bertz CT molecular complexity index is 941. The molecule has 0 radical (unpaired) electrons. The van der Waals surface area contributed by atoms with Crippen LogP contribution in [0.1, 0.15) is 51.4 Å². The molecular weight excluding hydrogens is 484 g/mol. The Labute approximate surface area is 206 Å². The standard InChI is InChI=1S/C11H14N2O4.C6H12O2.C5H3ClN2O2/c14-8-1-3-9(4-2-8)17-11-5-6-12-7-10(11)13(15)16;7-5-1-2-6(8)4-3-5;6-4-1-2-7-3-5(4)8(9)10/h5-9,14H,1-4H2;5-8H,1-4H2;1-3H. The van der Waals surface area contributed by atoms with Gasteiger partial charge in [0.1, 0.15) is 17.4 Å². The number of aromatic nitrogens is 2. The summed E-state index contributed by atoms with van der Waals surface area (Å²) < 4.78 is 5.60. The zero-order valence-corrected chi connectivity index (χ0v) is 19.7. The van der Waals surface area contributed by atoms with Gasteiger partial charge >= 0.3 is 11.4 Å². The molecule has 192 valence electrons. The fourth-order valence-corrected chi connectivity index (χ4v) is 3.69. The van der Waals surface area contributed by atoms with E-state index in [0.29, 0.717) is 12.8 Å². The Morgan fingerprint density at radius 2 is 1.20 bits per heavy atom. The maximum absolute atomic E-state index is 10.8. The number of nitro groups is 2. The molecule has 12 nitrogen and oxygen atoms in total. The number of hydrogen-bond acceptors (Lipinski definition) is 10. The van der Waals surface area contributed by atoms with Crippen LogP contribution in [0.5, 0.6) is 5.75 Å². The third-order valence-electron chi connectivity index (χ3n) is 5.51. The van der Waals surface area contributed by atoms with Crippen LogP contribution >= 0.6 is 11.6 Å². The number of hydrogen-bond donors (Lipinski definition) is 3. The summed E-state index contributed by atoms with van der Waals surface area (Å²) in [6, 6.07) is 2.88. The molecule has 13 heteroatoms. The van der Waals surface area contributed by atoms with Crippen molar-refractivity contribution < 1.29 is 29.9 Å². The largest absolute Gasteiger partial charge is 0.483 e. The predicted molar refractivity (Wildman–Crippen MR) is 126 cm³/mol. The van der Waals surface area contributed by atoms with Crippen LogP contribution in [0.25, 0.3) is 0 Å². The van der Waals surface area contributed by atoms with Crippen molar-refractivity contribution in [3.05, 3.63) is 62.2 Å². The van der Waals surface area contributed by atoms with Crippen LogP contribution in [0.3, 0.4) is 0 Å². The minimum atomic E-state index is -0.574. The average Bonchev–Trinajstić information content (AvgIpc) is 2.84. The fourth-order valence-electron chi connectivity index (χ4n) is 3.51. The summed E-state index contributed by atoms with van der Waals surface area (Å²) in [7, 11) is 0. The molecule has 35 heavy (non-hydrogen) atoms. The van der Waals surface area contributed by atoms with Crippen molar-refractivity contribution in [2.75, 3.05) is 0 Å². The van der Waals surface area contributed by atoms with Crippen molar-refractivity contribution in [1.29, 1.82) is 0 Å². The second kappa shape index (κ2) is 14.5. The molecule has 0 aromatic carbocycles. The molecule has 2 aliphatic rings. The predicted octanol–water partition coefficient (Wildman–Crippen LogP) is 3.60. The van der Waals surface area contributed by atoms with Gasteiger partial charge in [-0.3, -0.25) is 30.2 Å². The molecule has 2 heterocycles. The van der Waals surface area contributed by atoms with Crippen molar-refractivity contribution in [2.45, 2.75) is 75.8 Å². The highest BCUT2D eigenvalue weighted by Crippen LogP contribution is 2.29. The van der Waals surface area contributed by atoms with E-state index in [1.165, 1.54) is 30.7 Å². The van der Waals surface area contributed by atoms with Crippen LogP contribution in [-0.2, 0) is 0 Å². The van der Waals surface area contributed by atoms with E-state index in [4.69, 9.17) is 26.6 Å². The number of aliphatic hydroxyl groups excluding tert-OH is 3. The molecule has 2 aromatic rings. The Morgan fingerprint density at radius 1 is 0.771 bits per heavy atom. The molecule has 0 unspecified atom stereocenters. The minimum absolute atomic E-state index is 0.0560. The van der Waals surface area contributed by atoms with E-state index in [1.54, 1.807) is 0 Å². The molecule has 2 aliphatic carbocycles. The van der Waals surface area contributed by atoms with Crippen molar-refractivity contribution in [2.24, 2.45) is 0 Å². The van der Waals surface area contributed by atoms with Gasteiger partial charge in [-0.05, 0) is 57.4 Å². The summed E-state index contributed by atoms with van der Waals surface area (Å²) in [5.41, 5.74) is -0.275. The summed E-state index contributed by atoms with van der Waals surface area (Å²) in [5, 5.41) is 48.2. The summed E-state index contributed by atoms with van der Waals surface area (Å²) >= 11 is 5.44. The topological polar surface area (TPSA) is 182 Å². The summed E-state index contributed by atoms with van der Waals surface area (Å²) in [6.07, 6.45) is 10.5. The highest BCUT2D eigenvalue weighted by atomic mass is 35.5. The number of nitrogens with zero attached hydrogens (tertiary/aromatic N) is 4. The summed E-state index contributed by atoms with van der Waals surface area (Å²) in [4.78, 5) is 27.0. The van der Waals surface area contributed by atoms with Crippen molar-refractivity contribution in [3.8, 4) is 5.75 Å². The van der Waals surface area contributed by atoms with Gasteiger partial charge in [-0.1, -0.05) is 11.6 Å². The second-order valence-corrected chi connectivity index (χ2v) is 8.60. The first-order valence-corrected chi connectivity index (χ1v) is 11.6. The second-order valence-electron chi connectivity index (χ2n) is 8.20. The Hall–Kier alpha value is -2.93. The molecule has 2 saturated carbocycles. The molecule has 0 saturated heterocycles. The van der Waals surface area contributed by atoms with Crippen LogP contribution < -0.4 is 4.74 Å². The Morgan fingerprint density at radius 3 is 1.63 bits per heavy atom. The van der Waals surface area contributed by atoms with Crippen LogP contribution in [0.2, 0.25) is 5.02 Å². The minimum Gasteiger partial charge on any atom is -0.483 e. The maximum Gasteiger partial charge on any atom is 0.329 e. The lowest BCUT2D eigenvalue weighted by atomic mass is 9.95. The van der Waals surface area contributed by atoms with Crippen LogP contribution in [0.15, 0.2) is 36.9 Å². The Kier molecular flexibility index (Phi) is 11.7. The monoisotopic (exact) mass is 512 g/mol. The number of rotatable bonds is 4. The lowest BCUT2D eigenvalue weighted by Crippen LogP contribution is -2.26. The molecule has 0 atom stereocenters. The molecule has 0 spiro atoms. The van der Waals surface area contributed by atoms with E-state index in [2.05, 4.69) is 9.97 Å². The van der Waals surface area contributed by atoms with Gasteiger partial charge in [0.15, 0.2) is 0 Å². The first-order valence-electron chi connectivity index (χ1n) is 11.2. The zero-order valence-electron chi connectivity index (χ0n) is 19.0. The van der Waals surface area contributed by atoms with Crippen LogP contribution in [0, 0.1) is 20.2 Å². The Balaban J connectivity index is 0.000000204. The SMILES string of the molecule is O=[N+]([O-])c1cnccc1Cl.O=[N+]([O-])c1cnccc1OC1CCC(O)CC1.OC1CCC(O)CC1. The number of halogens is 1. The van der Waals surface area contributed by atoms with Gasteiger partial charge in [0.05, 0.1) is 34.3 Å². The lowest BCUT2D eigenvalue weighted by Gasteiger charge is -2.25. The number of aliphatic hydroxyl groups is 3. The lowest BCUT2D eigenvalue weighted by molar-refractivity contribution is -0.386. The highest BCUT2D eigenvalue weighted by molar-refractivity contribution is 6.32. The fraction of sp³-hybridized carbons (Fsp3) is 0.545. The van der Waals surface area contributed by atoms with E-state index in [-0.39, 0.29) is 46.6 Å². The number of ether oxygens (including phenoxy) is 1. The third-order valence-corrected chi connectivity index (χ3v) is 5.83. The van der Waals surface area contributed by atoms with E-state index >= 15 is 0 Å². The van der Waals surface area contributed by atoms with Gasteiger partial charge in [-0.15, -0.1) is 0 Å². The summed E-state index contributed by atoms with van der Waals surface area (Å²) in [5.74, 6) is 0.256. The van der Waals surface area contributed by atoms with Gasteiger partial charge in [0.25, 0.3) is 0 Å². The molecule has 0 amide bonds. The summed E-state index contributed by atoms with van der Waals surface area (Å²) in [6.45, 7) is 0. The van der Waals surface area contributed by atoms with Gasteiger partial charge in [-0.2, -0.15) is 0 Å². The van der Waals surface area contributed by atoms with E-state index < -0.39 is 9.85 Å². The number of pyridine rings is 2. The first kappa shape index (κ1) is 28.3. The van der Waals surface area contributed by atoms with Crippen molar-refractivity contribution in [3.63, 3.8) is 0 Å². The van der Waals surface area contributed by atoms with Crippen molar-refractivity contribution >= 4 is 23.0 Å². The van der Waals surface area contributed by atoms with E-state index in [9.17, 15) is 25.3 Å². The molecule has 3 N–H and O–H groups in total. The normalized spacial score (nSPS) is 23.5. The van der Waals surface area contributed by atoms with Gasteiger partial charge < -0.3 is 20.1 Å². The van der Waals surface area contributed by atoms with Crippen LogP contribution in [0.4, 0.5) is 11.4 Å². The quantitative estimate of drug-likeness (QED) is 0.404. The zero-order chi connectivity index (χ0) is 25.8. The average molecular weight is 513 g/mol. The molecular formula is C22H29ClN4O8. The van der Waals surface area contributed by atoms with E-state index in [0.717, 1.165) is 44.7 Å². The molecule has 2 fully saturated rings. The van der Waals surface area contributed by atoms with Gasteiger partial charge in [0, 0.05) is 18.5 Å². The van der Waals surface area contributed by atoms with Crippen molar-refractivity contribution in [1.82, 2.24) is 9.97 Å². The van der Waals surface area contributed by atoms with Gasteiger partial charge in [0.2, 0.25) is 5.75 Å².